The molecule has 1 saturated carbocycles. The van der Waals surface area contributed by atoms with Crippen LogP contribution in [0.2, 0.25) is 0 Å². The third-order valence-corrected chi connectivity index (χ3v) is 6.32. The highest BCUT2D eigenvalue weighted by atomic mass is 32.2. The van der Waals surface area contributed by atoms with Gasteiger partial charge >= 0.3 is 0 Å². The fourth-order valence-electron chi connectivity index (χ4n) is 3.33. The van der Waals surface area contributed by atoms with E-state index in [0.29, 0.717) is 38.5 Å². The monoisotopic (exact) mass is 350 g/mol. The molecule has 0 bridgehead atoms. The predicted molar refractivity (Wildman–Crippen MR) is 93.9 cm³/mol. The Balaban J connectivity index is 1.64. The molecule has 0 unspecified atom stereocenters. The van der Waals surface area contributed by atoms with Crippen molar-refractivity contribution in [3.63, 3.8) is 0 Å². The second kappa shape index (κ2) is 6.84. The molecular weight excluding hydrogens is 324 g/mol. The number of hydrogen-bond acceptors (Lipinski definition) is 3. The first-order valence-electron chi connectivity index (χ1n) is 8.66. The summed E-state index contributed by atoms with van der Waals surface area (Å²) in [6.45, 7) is 3.63. The van der Waals surface area contributed by atoms with Gasteiger partial charge in [-0.3, -0.25) is 4.79 Å². The number of hydrogen-bond donors (Lipinski definition) is 0. The average Bonchev–Trinajstić information content (AvgIpc) is 3.38. The van der Waals surface area contributed by atoms with Crippen LogP contribution in [-0.4, -0.2) is 48.9 Å². The van der Waals surface area contributed by atoms with Crippen LogP contribution in [0.15, 0.2) is 24.3 Å². The lowest BCUT2D eigenvalue weighted by atomic mass is 9.96. The molecule has 3 rings (SSSR count). The number of benzene rings is 1. The van der Waals surface area contributed by atoms with E-state index in [4.69, 9.17) is 0 Å². The fraction of sp³-hybridized carbons (Fsp3) is 0.611. The van der Waals surface area contributed by atoms with E-state index in [1.807, 2.05) is 4.90 Å². The Hall–Kier alpha value is -1.40. The zero-order chi connectivity index (χ0) is 17.3. The lowest BCUT2D eigenvalue weighted by molar-refractivity contribution is -0.138. The molecule has 2 fully saturated rings. The maximum Gasteiger partial charge on any atom is 0.226 e. The minimum absolute atomic E-state index is 0.0472. The van der Waals surface area contributed by atoms with E-state index in [1.54, 1.807) is 0 Å². The number of carbonyl (C=O) groups is 1. The molecule has 5 nitrogen and oxygen atoms in total. The Morgan fingerprint density at radius 2 is 1.71 bits per heavy atom. The van der Waals surface area contributed by atoms with Crippen molar-refractivity contribution in [1.82, 2.24) is 9.21 Å². The van der Waals surface area contributed by atoms with Gasteiger partial charge in [-0.2, -0.15) is 0 Å². The van der Waals surface area contributed by atoms with Crippen molar-refractivity contribution in [2.24, 2.45) is 5.92 Å². The van der Waals surface area contributed by atoms with Crippen molar-refractivity contribution >= 4 is 15.9 Å². The highest BCUT2D eigenvalue weighted by Crippen LogP contribution is 2.32. The summed E-state index contributed by atoms with van der Waals surface area (Å²) < 4.78 is 24.7. The van der Waals surface area contributed by atoms with E-state index in [9.17, 15) is 13.2 Å². The first-order valence-corrected chi connectivity index (χ1v) is 10.5. The molecule has 132 valence electrons. The minimum atomic E-state index is -3.14. The van der Waals surface area contributed by atoms with Crippen molar-refractivity contribution in [2.75, 3.05) is 19.3 Å². The number of sulfonamides is 1. The highest BCUT2D eigenvalue weighted by molar-refractivity contribution is 7.88. The fourth-order valence-corrected chi connectivity index (χ4v) is 4.21. The van der Waals surface area contributed by atoms with Crippen molar-refractivity contribution in [3.8, 4) is 0 Å². The third-order valence-electron chi connectivity index (χ3n) is 5.02. The van der Waals surface area contributed by atoms with Crippen LogP contribution in [0, 0.1) is 12.8 Å². The lowest BCUT2D eigenvalue weighted by Crippen LogP contribution is -2.44. The first-order chi connectivity index (χ1) is 11.3. The van der Waals surface area contributed by atoms with Gasteiger partial charge in [0.25, 0.3) is 0 Å². The Bertz CT molecular complexity index is 687. The molecule has 1 amide bonds. The maximum absolute atomic E-state index is 13.0. The van der Waals surface area contributed by atoms with Crippen molar-refractivity contribution in [3.05, 3.63) is 35.4 Å². The average molecular weight is 350 g/mol. The van der Waals surface area contributed by atoms with Gasteiger partial charge < -0.3 is 4.90 Å². The number of aryl methyl sites for hydroxylation is 1. The van der Waals surface area contributed by atoms with Crippen LogP contribution >= 0.6 is 0 Å². The first kappa shape index (κ1) is 17.4. The Kier molecular flexibility index (Phi) is 4.97. The Labute approximate surface area is 144 Å². The minimum Gasteiger partial charge on any atom is -0.335 e. The smallest absolute Gasteiger partial charge is 0.226 e. The molecule has 1 aliphatic carbocycles. The van der Waals surface area contributed by atoms with Crippen LogP contribution in [0.5, 0.6) is 0 Å². The largest absolute Gasteiger partial charge is 0.335 e. The second-order valence-corrected chi connectivity index (χ2v) is 9.10. The molecule has 6 heteroatoms. The molecule has 0 atom stereocenters. The summed E-state index contributed by atoms with van der Waals surface area (Å²) in [5.74, 6) is 0.153. The normalized spacial score (nSPS) is 20.1. The van der Waals surface area contributed by atoms with Crippen molar-refractivity contribution in [1.29, 1.82) is 0 Å². The standard InChI is InChI=1S/C18H26N2O3S/c1-14-3-5-15(6-4-14)13-20(17-7-8-17)18(21)16-9-11-19(12-10-16)24(2,22)23/h3-6,16-17H,7-13H2,1-2H3. The Morgan fingerprint density at radius 3 is 2.21 bits per heavy atom. The van der Waals surface area contributed by atoms with Gasteiger partial charge in [-0.25, -0.2) is 12.7 Å². The van der Waals surface area contributed by atoms with Gasteiger partial charge in [-0.15, -0.1) is 0 Å². The quantitative estimate of drug-likeness (QED) is 0.818. The number of piperidine rings is 1. The third kappa shape index (κ3) is 4.16. The molecule has 1 saturated heterocycles. The van der Waals surface area contributed by atoms with Gasteiger partial charge in [-0.05, 0) is 38.2 Å². The number of rotatable bonds is 5. The number of carbonyl (C=O) groups excluding carboxylic acids is 1. The molecular formula is C18H26N2O3S. The summed E-state index contributed by atoms with van der Waals surface area (Å²) in [6, 6.07) is 8.70. The summed E-state index contributed by atoms with van der Waals surface area (Å²) in [5, 5.41) is 0. The summed E-state index contributed by atoms with van der Waals surface area (Å²) in [4.78, 5) is 15.0. The van der Waals surface area contributed by atoms with Crippen LogP contribution in [0.4, 0.5) is 0 Å². The van der Waals surface area contributed by atoms with Gasteiger partial charge in [-0.1, -0.05) is 29.8 Å². The van der Waals surface area contributed by atoms with Gasteiger partial charge in [0.2, 0.25) is 15.9 Å². The van der Waals surface area contributed by atoms with E-state index in [0.717, 1.165) is 18.4 Å². The van der Waals surface area contributed by atoms with Crippen LogP contribution in [0.25, 0.3) is 0 Å². The van der Waals surface area contributed by atoms with Crippen LogP contribution in [0.1, 0.15) is 36.8 Å². The molecule has 24 heavy (non-hydrogen) atoms. The summed E-state index contributed by atoms with van der Waals surface area (Å²) in [6.07, 6.45) is 4.66. The molecule has 0 N–H and O–H groups in total. The molecule has 0 spiro atoms. The van der Waals surface area contributed by atoms with E-state index < -0.39 is 10.0 Å². The van der Waals surface area contributed by atoms with E-state index in [2.05, 4.69) is 31.2 Å². The molecule has 1 aliphatic heterocycles. The Morgan fingerprint density at radius 1 is 1.12 bits per heavy atom. The number of nitrogens with zero attached hydrogens (tertiary/aromatic N) is 2. The zero-order valence-corrected chi connectivity index (χ0v) is 15.3. The van der Waals surface area contributed by atoms with Gasteiger partial charge in [0, 0.05) is 31.6 Å². The summed E-state index contributed by atoms with van der Waals surface area (Å²) in [7, 11) is -3.14. The molecule has 0 aromatic heterocycles. The molecule has 0 radical (unpaired) electrons. The van der Waals surface area contributed by atoms with E-state index in [-0.39, 0.29) is 11.8 Å². The summed E-state index contributed by atoms with van der Waals surface area (Å²) >= 11 is 0. The van der Waals surface area contributed by atoms with Crippen molar-refractivity contribution in [2.45, 2.75) is 45.2 Å². The number of amides is 1. The van der Waals surface area contributed by atoms with E-state index >= 15 is 0 Å². The second-order valence-electron chi connectivity index (χ2n) is 7.12. The predicted octanol–water partition coefficient (Wildman–Crippen LogP) is 2.16. The maximum atomic E-state index is 13.0. The lowest BCUT2D eigenvalue weighted by Gasteiger charge is -2.33. The molecule has 1 heterocycles. The van der Waals surface area contributed by atoms with Crippen LogP contribution < -0.4 is 0 Å². The highest BCUT2D eigenvalue weighted by Gasteiger charge is 2.37. The van der Waals surface area contributed by atoms with Crippen molar-refractivity contribution < 1.29 is 13.2 Å². The molecule has 1 aromatic rings. The molecule has 1 aromatic carbocycles. The molecule has 2 aliphatic rings. The van der Waals surface area contributed by atoms with Crippen LogP contribution in [-0.2, 0) is 21.4 Å². The van der Waals surface area contributed by atoms with Gasteiger partial charge in [0.05, 0.1) is 6.26 Å². The van der Waals surface area contributed by atoms with Gasteiger partial charge in [0.15, 0.2) is 0 Å². The SMILES string of the molecule is Cc1ccc(CN(C(=O)C2CCN(S(C)(=O)=O)CC2)C2CC2)cc1. The van der Waals surface area contributed by atoms with Gasteiger partial charge in [0.1, 0.15) is 0 Å². The summed E-state index contributed by atoms with van der Waals surface area (Å²) in [5.41, 5.74) is 2.38. The zero-order valence-electron chi connectivity index (χ0n) is 14.4. The topological polar surface area (TPSA) is 57.7 Å². The van der Waals surface area contributed by atoms with E-state index in [1.165, 1.54) is 16.1 Å². The van der Waals surface area contributed by atoms with Crippen LogP contribution in [0.3, 0.4) is 0 Å².